The summed E-state index contributed by atoms with van der Waals surface area (Å²) in [5, 5.41) is 3.90. The third-order valence-electron chi connectivity index (χ3n) is 2.46. The van der Waals surface area contributed by atoms with Crippen molar-refractivity contribution in [2.24, 2.45) is 0 Å². The van der Waals surface area contributed by atoms with Crippen LogP contribution in [0.25, 0.3) is 5.95 Å². The molecule has 0 unspecified atom stereocenters. The summed E-state index contributed by atoms with van der Waals surface area (Å²) in [7, 11) is -2.45. The lowest BCUT2D eigenvalue weighted by molar-refractivity contribution is 0.402. The topological polar surface area (TPSA) is 125 Å². The van der Waals surface area contributed by atoms with Crippen LogP contribution in [0, 0.1) is 0 Å². The van der Waals surface area contributed by atoms with Crippen LogP contribution in [0.1, 0.15) is 0 Å². The number of nitrogens with zero attached hydrogens (tertiary/aromatic N) is 6. The predicted octanol–water partition coefficient (Wildman–Crippen LogP) is 0.323. The van der Waals surface area contributed by atoms with Gasteiger partial charge in [-0.2, -0.15) is 19.1 Å². The maximum atomic E-state index is 12.3. The van der Waals surface area contributed by atoms with E-state index in [9.17, 15) is 8.42 Å². The Morgan fingerprint density at radius 3 is 2.73 bits per heavy atom. The fraction of sp³-hybridized carbons (Fsp3) is 0.100. The smallest absolute Gasteiger partial charge is 0.275 e. The summed E-state index contributed by atoms with van der Waals surface area (Å²) < 4.78 is 36.8. The second-order valence-corrected chi connectivity index (χ2v) is 6.55. The highest BCUT2D eigenvalue weighted by molar-refractivity contribution is 7.94. The number of sulfonamides is 1. The summed E-state index contributed by atoms with van der Waals surface area (Å²) in [6.07, 6.45) is 4.22. The van der Waals surface area contributed by atoms with E-state index in [0.29, 0.717) is 0 Å². The highest BCUT2D eigenvalue weighted by Crippen LogP contribution is 2.23. The van der Waals surface area contributed by atoms with E-state index in [1.807, 2.05) is 0 Å². The Bertz CT molecular complexity index is 875. The van der Waals surface area contributed by atoms with Gasteiger partial charge < -0.3 is 4.74 Å². The van der Waals surface area contributed by atoms with Crippen LogP contribution in [0.15, 0.2) is 35.1 Å². The van der Waals surface area contributed by atoms with E-state index in [-0.39, 0.29) is 22.0 Å². The van der Waals surface area contributed by atoms with Crippen molar-refractivity contribution in [3.63, 3.8) is 0 Å². The molecule has 0 amide bonds. The fourth-order valence-electron chi connectivity index (χ4n) is 1.49. The lowest BCUT2D eigenvalue weighted by atomic mass is 10.7. The Morgan fingerprint density at radius 2 is 2.05 bits per heavy atom. The Labute approximate surface area is 129 Å². The maximum Gasteiger partial charge on any atom is 0.275 e. The van der Waals surface area contributed by atoms with Crippen molar-refractivity contribution in [3.05, 3.63) is 30.9 Å². The minimum absolute atomic E-state index is 0.00659. The number of hydrogen-bond donors (Lipinski definition) is 1. The molecule has 3 aromatic heterocycles. The number of ether oxygens (including phenoxy) is 1. The van der Waals surface area contributed by atoms with Gasteiger partial charge in [-0.3, -0.25) is 0 Å². The molecule has 0 aliphatic heterocycles. The third kappa shape index (κ3) is 2.73. The van der Waals surface area contributed by atoms with Crippen LogP contribution in [0.3, 0.4) is 0 Å². The molecule has 3 aromatic rings. The van der Waals surface area contributed by atoms with E-state index in [1.54, 1.807) is 6.07 Å². The normalized spacial score (nSPS) is 11.3. The third-order valence-corrected chi connectivity index (χ3v) is 5.01. The number of rotatable bonds is 5. The zero-order valence-corrected chi connectivity index (χ0v) is 12.7. The Kier molecular flexibility index (Phi) is 3.68. The zero-order valence-electron chi connectivity index (χ0n) is 11.1. The Balaban J connectivity index is 1.92. The van der Waals surface area contributed by atoms with Gasteiger partial charge in [-0.15, -0.1) is 0 Å². The average molecular weight is 339 g/mol. The quantitative estimate of drug-likeness (QED) is 0.704. The molecule has 0 fully saturated rings. The second-order valence-electron chi connectivity index (χ2n) is 3.84. The first-order chi connectivity index (χ1) is 10.6. The number of methoxy groups -OCH3 is 1. The van der Waals surface area contributed by atoms with Crippen molar-refractivity contribution in [2.75, 3.05) is 11.8 Å². The minimum atomic E-state index is -3.86. The van der Waals surface area contributed by atoms with Crippen LogP contribution in [0.2, 0.25) is 0 Å². The first-order valence-electron chi connectivity index (χ1n) is 5.81. The summed E-state index contributed by atoms with van der Waals surface area (Å²) in [5.74, 6) is 0.386. The predicted molar refractivity (Wildman–Crippen MR) is 76.4 cm³/mol. The van der Waals surface area contributed by atoms with Crippen molar-refractivity contribution in [1.82, 2.24) is 29.1 Å². The number of anilines is 1. The molecule has 1 N–H and O–H groups in total. The van der Waals surface area contributed by atoms with E-state index >= 15 is 0 Å². The van der Waals surface area contributed by atoms with Gasteiger partial charge in [0, 0.05) is 18.5 Å². The fourth-order valence-corrected chi connectivity index (χ4v) is 3.32. The van der Waals surface area contributed by atoms with Gasteiger partial charge in [-0.25, -0.2) is 23.1 Å². The molecule has 10 nitrogen and oxygen atoms in total. The molecule has 0 radical (unpaired) electrons. The van der Waals surface area contributed by atoms with Crippen molar-refractivity contribution >= 4 is 27.5 Å². The molecule has 12 heteroatoms. The van der Waals surface area contributed by atoms with Gasteiger partial charge in [0.05, 0.1) is 7.11 Å². The summed E-state index contributed by atoms with van der Waals surface area (Å²) in [6.45, 7) is 0. The van der Waals surface area contributed by atoms with Gasteiger partial charge in [-0.05, 0) is 17.6 Å². The molecule has 114 valence electrons. The molecular weight excluding hydrogens is 330 g/mol. The van der Waals surface area contributed by atoms with Crippen LogP contribution in [-0.2, 0) is 10.0 Å². The molecule has 22 heavy (non-hydrogen) atoms. The molecule has 0 aliphatic carbocycles. The first-order valence-corrected chi connectivity index (χ1v) is 8.07. The van der Waals surface area contributed by atoms with E-state index < -0.39 is 10.0 Å². The van der Waals surface area contributed by atoms with Crippen LogP contribution in [0.4, 0.5) is 5.95 Å². The van der Waals surface area contributed by atoms with E-state index in [4.69, 9.17) is 4.74 Å². The van der Waals surface area contributed by atoms with Crippen molar-refractivity contribution in [1.29, 1.82) is 0 Å². The van der Waals surface area contributed by atoms with Crippen LogP contribution < -0.4 is 9.46 Å². The van der Waals surface area contributed by atoms with Crippen molar-refractivity contribution in [3.8, 4) is 11.8 Å². The SMILES string of the molecule is COc1cc(S(=O)(=O)Nc2ncnn2-c2ncccn2)sn1. The molecule has 0 aliphatic rings. The lowest BCUT2D eigenvalue weighted by Gasteiger charge is -2.05. The van der Waals surface area contributed by atoms with Gasteiger partial charge in [0.1, 0.15) is 6.33 Å². The van der Waals surface area contributed by atoms with Crippen LogP contribution in [0.5, 0.6) is 5.88 Å². The molecule has 0 atom stereocenters. The standard InChI is InChI=1S/C10H9N7O3S2/c1-20-7-5-8(21-15-7)22(18,19)16-10-13-6-14-17(10)9-11-3-2-4-12-9/h2-6H,1H3,(H,13,14,16). The summed E-state index contributed by atoms with van der Waals surface area (Å²) in [5.41, 5.74) is 0. The molecule has 0 saturated heterocycles. The summed E-state index contributed by atoms with van der Waals surface area (Å²) >= 11 is 0.790. The number of aromatic nitrogens is 6. The van der Waals surface area contributed by atoms with Gasteiger partial charge in [0.25, 0.3) is 16.0 Å². The molecule has 0 bridgehead atoms. The van der Waals surface area contributed by atoms with Crippen LogP contribution >= 0.6 is 11.5 Å². The molecule has 0 spiro atoms. The summed E-state index contributed by atoms with van der Waals surface area (Å²) in [6, 6.07) is 2.95. The van der Waals surface area contributed by atoms with E-state index in [0.717, 1.165) is 11.5 Å². The van der Waals surface area contributed by atoms with Crippen LogP contribution in [-0.4, -0.2) is 44.6 Å². The van der Waals surface area contributed by atoms with E-state index in [1.165, 1.54) is 36.6 Å². The molecular formula is C10H9N7O3S2. The Hall–Kier alpha value is -2.60. The van der Waals surface area contributed by atoms with Crippen molar-refractivity contribution < 1.29 is 13.2 Å². The molecule has 3 heterocycles. The number of hydrogen-bond acceptors (Lipinski definition) is 9. The zero-order chi connectivity index (χ0) is 15.6. The molecule has 0 aromatic carbocycles. The van der Waals surface area contributed by atoms with Gasteiger partial charge >= 0.3 is 0 Å². The van der Waals surface area contributed by atoms with Gasteiger partial charge in [0.2, 0.25) is 11.8 Å². The average Bonchev–Trinajstić information content (AvgIpc) is 3.16. The Morgan fingerprint density at radius 1 is 1.27 bits per heavy atom. The van der Waals surface area contributed by atoms with Crippen molar-refractivity contribution in [2.45, 2.75) is 4.21 Å². The highest BCUT2D eigenvalue weighted by atomic mass is 32.2. The lowest BCUT2D eigenvalue weighted by Crippen LogP contribution is -2.16. The molecule has 3 rings (SSSR count). The van der Waals surface area contributed by atoms with Gasteiger partial charge in [-0.1, -0.05) is 0 Å². The minimum Gasteiger partial charge on any atom is -0.480 e. The maximum absolute atomic E-state index is 12.3. The first kappa shape index (κ1) is 14.3. The van der Waals surface area contributed by atoms with E-state index in [2.05, 4.69) is 29.1 Å². The monoisotopic (exact) mass is 339 g/mol. The highest BCUT2D eigenvalue weighted by Gasteiger charge is 2.22. The number of nitrogens with one attached hydrogen (secondary N) is 1. The second kappa shape index (κ2) is 5.65. The largest absolute Gasteiger partial charge is 0.480 e. The summed E-state index contributed by atoms with van der Waals surface area (Å²) in [4.78, 5) is 11.8. The van der Waals surface area contributed by atoms with Gasteiger partial charge in [0.15, 0.2) is 4.21 Å². The molecule has 0 saturated carbocycles.